The predicted molar refractivity (Wildman–Crippen MR) is 78.0 cm³/mol. The minimum absolute atomic E-state index is 0.118. The summed E-state index contributed by atoms with van der Waals surface area (Å²) in [5, 5.41) is 14.2. The van der Waals surface area contributed by atoms with E-state index in [1.165, 1.54) is 0 Å². The zero-order chi connectivity index (χ0) is 13.2. The molecule has 3 rings (SSSR count). The fraction of sp³-hybridized carbons (Fsp3) is 0.400. The molecule has 0 unspecified atom stereocenters. The van der Waals surface area contributed by atoms with Gasteiger partial charge >= 0.3 is 0 Å². The summed E-state index contributed by atoms with van der Waals surface area (Å²) in [4.78, 5) is 4.35. The van der Waals surface area contributed by atoms with Gasteiger partial charge in [-0.05, 0) is 49.9 Å². The van der Waals surface area contributed by atoms with E-state index in [1.54, 1.807) is 0 Å². The molecule has 4 nitrogen and oxygen atoms in total. The SMILES string of the molecule is Nc1ccc2c(NC3CCC(O)CC3)ccnc2c1. The summed E-state index contributed by atoms with van der Waals surface area (Å²) >= 11 is 0. The number of nitrogens with one attached hydrogen (secondary N) is 1. The molecule has 1 aliphatic rings. The predicted octanol–water partition coefficient (Wildman–Crippen LogP) is 2.53. The van der Waals surface area contributed by atoms with Crippen LogP contribution in [0.1, 0.15) is 25.7 Å². The zero-order valence-electron chi connectivity index (χ0n) is 10.8. The van der Waals surface area contributed by atoms with Gasteiger partial charge in [0.25, 0.3) is 0 Å². The van der Waals surface area contributed by atoms with Gasteiger partial charge in [-0.3, -0.25) is 4.98 Å². The molecule has 0 atom stereocenters. The highest BCUT2D eigenvalue weighted by molar-refractivity contribution is 5.92. The zero-order valence-corrected chi connectivity index (χ0v) is 10.8. The molecule has 100 valence electrons. The van der Waals surface area contributed by atoms with Crippen LogP contribution in [0.5, 0.6) is 0 Å². The van der Waals surface area contributed by atoms with E-state index in [9.17, 15) is 5.11 Å². The van der Waals surface area contributed by atoms with Gasteiger partial charge in [-0.1, -0.05) is 0 Å². The first-order valence-corrected chi connectivity index (χ1v) is 6.81. The number of hydrogen-bond acceptors (Lipinski definition) is 4. The number of fused-ring (bicyclic) bond motifs is 1. The minimum atomic E-state index is -0.118. The van der Waals surface area contributed by atoms with Gasteiger partial charge < -0.3 is 16.2 Å². The molecule has 1 aliphatic carbocycles. The first-order valence-electron chi connectivity index (χ1n) is 6.81. The summed E-state index contributed by atoms with van der Waals surface area (Å²) in [5.74, 6) is 0. The first-order chi connectivity index (χ1) is 9.22. The molecule has 4 heteroatoms. The molecule has 1 fully saturated rings. The van der Waals surface area contributed by atoms with E-state index < -0.39 is 0 Å². The smallest absolute Gasteiger partial charge is 0.0743 e. The Hall–Kier alpha value is -1.81. The van der Waals surface area contributed by atoms with Gasteiger partial charge in [0.15, 0.2) is 0 Å². The van der Waals surface area contributed by atoms with Gasteiger partial charge in [0.05, 0.1) is 11.6 Å². The maximum atomic E-state index is 9.54. The molecular formula is C15H19N3O. The number of pyridine rings is 1. The van der Waals surface area contributed by atoms with Crippen molar-refractivity contribution in [3.05, 3.63) is 30.5 Å². The van der Waals surface area contributed by atoms with Gasteiger partial charge in [-0.2, -0.15) is 0 Å². The molecule has 1 aromatic heterocycles. The van der Waals surface area contributed by atoms with Crippen molar-refractivity contribution in [3.8, 4) is 0 Å². The quantitative estimate of drug-likeness (QED) is 0.723. The lowest BCUT2D eigenvalue weighted by molar-refractivity contribution is 0.126. The molecular weight excluding hydrogens is 238 g/mol. The molecule has 2 aromatic rings. The van der Waals surface area contributed by atoms with Crippen molar-refractivity contribution in [3.63, 3.8) is 0 Å². The van der Waals surface area contributed by atoms with E-state index in [0.717, 1.165) is 48.0 Å². The fourth-order valence-electron chi connectivity index (χ4n) is 2.73. The number of nitrogens with two attached hydrogens (primary N) is 1. The number of rotatable bonds is 2. The number of hydrogen-bond donors (Lipinski definition) is 3. The second-order valence-corrected chi connectivity index (χ2v) is 5.28. The number of aliphatic hydroxyl groups is 1. The minimum Gasteiger partial charge on any atom is -0.399 e. The normalized spacial score (nSPS) is 23.4. The van der Waals surface area contributed by atoms with E-state index >= 15 is 0 Å². The lowest BCUT2D eigenvalue weighted by Crippen LogP contribution is -2.28. The lowest BCUT2D eigenvalue weighted by atomic mass is 9.93. The third-order valence-electron chi connectivity index (χ3n) is 3.82. The topological polar surface area (TPSA) is 71.2 Å². The van der Waals surface area contributed by atoms with Crippen LogP contribution in [-0.4, -0.2) is 22.2 Å². The van der Waals surface area contributed by atoms with Crippen LogP contribution in [0, 0.1) is 0 Å². The maximum Gasteiger partial charge on any atom is 0.0743 e. The number of benzene rings is 1. The van der Waals surface area contributed by atoms with Gasteiger partial charge in [-0.15, -0.1) is 0 Å². The Morgan fingerprint density at radius 1 is 1.16 bits per heavy atom. The van der Waals surface area contributed by atoms with E-state index in [-0.39, 0.29) is 6.10 Å². The van der Waals surface area contributed by atoms with Crippen LogP contribution >= 0.6 is 0 Å². The Kier molecular flexibility index (Phi) is 3.25. The van der Waals surface area contributed by atoms with E-state index in [4.69, 9.17) is 5.73 Å². The van der Waals surface area contributed by atoms with Gasteiger partial charge in [0.2, 0.25) is 0 Å². The van der Waals surface area contributed by atoms with Crippen LogP contribution in [-0.2, 0) is 0 Å². The average molecular weight is 257 g/mol. The first kappa shape index (κ1) is 12.2. The van der Waals surface area contributed by atoms with Crippen LogP contribution in [0.2, 0.25) is 0 Å². The summed E-state index contributed by atoms with van der Waals surface area (Å²) < 4.78 is 0. The Balaban J connectivity index is 1.84. The molecule has 0 bridgehead atoms. The Morgan fingerprint density at radius 2 is 1.95 bits per heavy atom. The Labute approximate surface area is 112 Å². The van der Waals surface area contributed by atoms with Crippen molar-refractivity contribution in [2.24, 2.45) is 0 Å². The van der Waals surface area contributed by atoms with Gasteiger partial charge in [-0.25, -0.2) is 0 Å². The number of nitrogen functional groups attached to an aromatic ring is 1. The number of aromatic nitrogens is 1. The summed E-state index contributed by atoms with van der Waals surface area (Å²) in [7, 11) is 0. The van der Waals surface area contributed by atoms with Crippen molar-refractivity contribution < 1.29 is 5.11 Å². The number of anilines is 2. The molecule has 4 N–H and O–H groups in total. The van der Waals surface area contributed by atoms with Crippen molar-refractivity contribution in [1.29, 1.82) is 0 Å². The monoisotopic (exact) mass is 257 g/mol. The third-order valence-corrected chi connectivity index (χ3v) is 3.82. The van der Waals surface area contributed by atoms with Crippen LogP contribution < -0.4 is 11.1 Å². The highest BCUT2D eigenvalue weighted by atomic mass is 16.3. The van der Waals surface area contributed by atoms with Crippen molar-refractivity contribution in [2.75, 3.05) is 11.1 Å². The van der Waals surface area contributed by atoms with Gasteiger partial charge in [0.1, 0.15) is 0 Å². The molecule has 1 aromatic carbocycles. The molecule has 19 heavy (non-hydrogen) atoms. The molecule has 0 spiro atoms. The van der Waals surface area contributed by atoms with Crippen LogP contribution in [0.4, 0.5) is 11.4 Å². The van der Waals surface area contributed by atoms with Crippen molar-refractivity contribution >= 4 is 22.3 Å². The summed E-state index contributed by atoms with van der Waals surface area (Å²) in [6.45, 7) is 0. The average Bonchev–Trinajstić information content (AvgIpc) is 2.41. The van der Waals surface area contributed by atoms with E-state index in [0.29, 0.717) is 6.04 Å². The van der Waals surface area contributed by atoms with E-state index in [1.807, 2.05) is 30.5 Å². The fourth-order valence-corrected chi connectivity index (χ4v) is 2.73. The highest BCUT2D eigenvalue weighted by Gasteiger charge is 2.19. The molecule has 0 aliphatic heterocycles. The maximum absolute atomic E-state index is 9.54. The Morgan fingerprint density at radius 3 is 2.74 bits per heavy atom. The second kappa shape index (κ2) is 5.05. The third kappa shape index (κ3) is 2.63. The van der Waals surface area contributed by atoms with E-state index in [2.05, 4.69) is 10.3 Å². The second-order valence-electron chi connectivity index (χ2n) is 5.28. The van der Waals surface area contributed by atoms with Crippen molar-refractivity contribution in [1.82, 2.24) is 4.98 Å². The Bertz CT molecular complexity index is 577. The molecule has 1 saturated carbocycles. The molecule has 0 amide bonds. The summed E-state index contributed by atoms with van der Waals surface area (Å²) in [6, 6.07) is 8.25. The summed E-state index contributed by atoms with van der Waals surface area (Å²) in [5.41, 5.74) is 8.54. The van der Waals surface area contributed by atoms with Crippen LogP contribution in [0.25, 0.3) is 10.9 Å². The standard InChI is InChI=1S/C15H19N3O/c16-10-1-6-13-14(7-8-17-15(13)9-10)18-11-2-4-12(19)5-3-11/h1,6-9,11-12,19H,2-5,16H2,(H,17,18). The molecule has 0 saturated heterocycles. The number of aliphatic hydroxyl groups excluding tert-OH is 1. The van der Waals surface area contributed by atoms with Crippen LogP contribution in [0.3, 0.4) is 0 Å². The summed E-state index contributed by atoms with van der Waals surface area (Å²) in [6.07, 6.45) is 5.48. The lowest BCUT2D eigenvalue weighted by Gasteiger charge is -2.27. The highest BCUT2D eigenvalue weighted by Crippen LogP contribution is 2.27. The van der Waals surface area contributed by atoms with Gasteiger partial charge in [0, 0.05) is 29.0 Å². The largest absolute Gasteiger partial charge is 0.399 e. The molecule has 0 radical (unpaired) electrons. The number of nitrogens with zero attached hydrogens (tertiary/aromatic N) is 1. The van der Waals surface area contributed by atoms with Crippen molar-refractivity contribution in [2.45, 2.75) is 37.8 Å². The molecule has 1 heterocycles. The van der Waals surface area contributed by atoms with Crippen LogP contribution in [0.15, 0.2) is 30.5 Å².